The summed E-state index contributed by atoms with van der Waals surface area (Å²) in [5, 5.41) is 0. The lowest BCUT2D eigenvalue weighted by molar-refractivity contribution is 0.410. The first-order valence-electron chi connectivity index (χ1n) is 4.11. The van der Waals surface area contributed by atoms with Gasteiger partial charge in [-0.05, 0) is 24.3 Å². The maximum Gasteiger partial charge on any atom is 0.0362 e. The van der Waals surface area contributed by atoms with Crippen LogP contribution in [0.3, 0.4) is 0 Å². The zero-order chi connectivity index (χ0) is 8.10. The number of hydrogen-bond acceptors (Lipinski definition) is 1. The molecule has 2 heteroatoms. The number of nitrogens with zero attached hydrogens (tertiary/aromatic N) is 1. The van der Waals surface area contributed by atoms with Gasteiger partial charge in [0, 0.05) is 13.1 Å². The predicted molar refractivity (Wildman–Crippen MR) is 59.6 cm³/mol. The van der Waals surface area contributed by atoms with Crippen LogP contribution in [0.2, 0.25) is 0 Å². The van der Waals surface area contributed by atoms with Crippen LogP contribution in [0, 0.1) is 0 Å². The molecular weight excluding hydrogens is 214 g/mol. The van der Waals surface area contributed by atoms with Crippen LogP contribution in [0.15, 0.2) is 36.6 Å². The molecule has 0 N–H and O–H groups in total. The first-order valence-corrected chi connectivity index (χ1v) is 4.11. The molecule has 1 aliphatic heterocycles. The topological polar surface area (TPSA) is 3.24 Å². The van der Waals surface area contributed by atoms with Gasteiger partial charge in [0.2, 0.25) is 0 Å². The first kappa shape index (κ1) is 11.5. The second-order valence-electron chi connectivity index (χ2n) is 2.72. The Morgan fingerprint density at radius 2 is 2.42 bits per heavy atom. The van der Waals surface area contributed by atoms with E-state index in [1.807, 2.05) is 6.08 Å². The first-order chi connectivity index (χ1) is 5.36. The molecule has 68 valence electrons. The molecule has 0 saturated heterocycles. The van der Waals surface area contributed by atoms with Crippen molar-refractivity contribution in [3.05, 3.63) is 36.6 Å². The van der Waals surface area contributed by atoms with Crippen LogP contribution in [0.4, 0.5) is 0 Å². The van der Waals surface area contributed by atoms with E-state index in [1.54, 1.807) is 0 Å². The lowest BCUT2D eigenvalue weighted by Gasteiger charge is -2.20. The molecule has 0 fully saturated rings. The van der Waals surface area contributed by atoms with Crippen molar-refractivity contribution in [3.63, 3.8) is 0 Å². The molecule has 0 unspecified atom stereocenters. The summed E-state index contributed by atoms with van der Waals surface area (Å²) in [4.78, 5) is 2.30. The van der Waals surface area contributed by atoms with Crippen LogP contribution in [0.25, 0.3) is 0 Å². The highest BCUT2D eigenvalue weighted by atomic mass is 79.9. The fourth-order valence-electron chi connectivity index (χ4n) is 1.15. The Balaban J connectivity index is 0.00000121. The molecule has 0 bridgehead atoms. The summed E-state index contributed by atoms with van der Waals surface area (Å²) in [5.41, 5.74) is 1.23. The van der Waals surface area contributed by atoms with Gasteiger partial charge in [0.15, 0.2) is 0 Å². The number of hydrogen-bond donors (Lipinski definition) is 0. The minimum absolute atomic E-state index is 0. The molecule has 1 nitrogen and oxygen atoms in total. The van der Waals surface area contributed by atoms with Gasteiger partial charge in [-0.15, -0.1) is 17.0 Å². The smallest absolute Gasteiger partial charge is 0.0362 e. The number of allylic oxidation sites excluding steroid dienone is 3. The molecule has 1 rings (SSSR count). The zero-order valence-corrected chi connectivity index (χ0v) is 9.21. The highest BCUT2D eigenvalue weighted by Crippen LogP contribution is 2.07. The minimum atomic E-state index is 0. The van der Waals surface area contributed by atoms with Gasteiger partial charge in [0.1, 0.15) is 0 Å². The number of rotatable bonds is 3. The molecule has 0 saturated carbocycles. The zero-order valence-electron chi connectivity index (χ0n) is 7.49. The summed E-state index contributed by atoms with van der Waals surface area (Å²) < 4.78 is 0. The average molecular weight is 230 g/mol. The van der Waals surface area contributed by atoms with Gasteiger partial charge in [-0.2, -0.15) is 0 Å². The van der Waals surface area contributed by atoms with Crippen LogP contribution >= 0.6 is 17.0 Å². The van der Waals surface area contributed by atoms with Crippen LogP contribution in [0.5, 0.6) is 0 Å². The summed E-state index contributed by atoms with van der Waals surface area (Å²) in [7, 11) is 0. The molecule has 12 heavy (non-hydrogen) atoms. The Kier molecular flexibility index (Phi) is 5.81. The third-order valence-corrected chi connectivity index (χ3v) is 1.79. The van der Waals surface area contributed by atoms with Crippen molar-refractivity contribution in [3.8, 4) is 0 Å². The molecular formula is C10H16BrN. The SMILES string of the molecule is Br.C=CC1=CCN(CCC)C=C1. The molecule has 0 amide bonds. The van der Waals surface area contributed by atoms with Gasteiger partial charge in [0.25, 0.3) is 0 Å². The standard InChI is InChI=1S/C10H15N.BrH/c1-3-7-11-8-5-10(4-2)6-9-11;/h4-6,8H,2-3,7,9H2,1H3;1H. The van der Waals surface area contributed by atoms with Gasteiger partial charge >= 0.3 is 0 Å². The fraction of sp³-hybridized carbons (Fsp3) is 0.400. The van der Waals surface area contributed by atoms with Gasteiger partial charge in [-0.25, -0.2) is 0 Å². The van der Waals surface area contributed by atoms with Gasteiger partial charge < -0.3 is 4.90 Å². The fourth-order valence-corrected chi connectivity index (χ4v) is 1.15. The second-order valence-corrected chi connectivity index (χ2v) is 2.72. The van der Waals surface area contributed by atoms with Crippen LogP contribution in [0.1, 0.15) is 13.3 Å². The largest absolute Gasteiger partial charge is 0.374 e. The number of halogens is 1. The molecule has 1 heterocycles. The van der Waals surface area contributed by atoms with E-state index in [0.29, 0.717) is 0 Å². The monoisotopic (exact) mass is 229 g/mol. The van der Waals surface area contributed by atoms with Crippen LogP contribution in [-0.2, 0) is 0 Å². The van der Waals surface area contributed by atoms with Crippen molar-refractivity contribution in [2.45, 2.75) is 13.3 Å². The van der Waals surface area contributed by atoms with E-state index in [2.05, 4.69) is 36.8 Å². The quantitative estimate of drug-likeness (QED) is 0.720. The third-order valence-electron chi connectivity index (χ3n) is 1.79. The van der Waals surface area contributed by atoms with Crippen molar-refractivity contribution in [1.29, 1.82) is 0 Å². The molecule has 0 aromatic heterocycles. The predicted octanol–water partition coefficient (Wildman–Crippen LogP) is 2.92. The van der Waals surface area contributed by atoms with Crippen molar-refractivity contribution < 1.29 is 0 Å². The van der Waals surface area contributed by atoms with E-state index < -0.39 is 0 Å². The van der Waals surface area contributed by atoms with Gasteiger partial charge in [-0.3, -0.25) is 0 Å². The molecule has 0 radical (unpaired) electrons. The van der Waals surface area contributed by atoms with E-state index >= 15 is 0 Å². The highest BCUT2D eigenvalue weighted by molar-refractivity contribution is 8.93. The Morgan fingerprint density at radius 3 is 2.83 bits per heavy atom. The minimum Gasteiger partial charge on any atom is -0.374 e. The highest BCUT2D eigenvalue weighted by Gasteiger charge is 1.99. The lowest BCUT2D eigenvalue weighted by atomic mass is 10.2. The van der Waals surface area contributed by atoms with Gasteiger partial charge in [0.05, 0.1) is 0 Å². The summed E-state index contributed by atoms with van der Waals surface area (Å²) in [6.45, 7) is 8.10. The summed E-state index contributed by atoms with van der Waals surface area (Å²) in [6.07, 6.45) is 9.54. The molecule has 0 atom stereocenters. The van der Waals surface area contributed by atoms with E-state index in [0.717, 1.165) is 13.1 Å². The van der Waals surface area contributed by atoms with Crippen LogP contribution in [-0.4, -0.2) is 18.0 Å². The maximum absolute atomic E-state index is 3.72. The Bertz CT molecular complexity index is 194. The van der Waals surface area contributed by atoms with Crippen molar-refractivity contribution in [1.82, 2.24) is 4.90 Å². The molecule has 0 spiro atoms. The maximum atomic E-state index is 3.72. The van der Waals surface area contributed by atoms with Gasteiger partial charge in [-0.1, -0.05) is 25.7 Å². The van der Waals surface area contributed by atoms with Crippen molar-refractivity contribution >= 4 is 17.0 Å². The average Bonchev–Trinajstić information content (AvgIpc) is 2.07. The van der Waals surface area contributed by atoms with E-state index in [9.17, 15) is 0 Å². The Labute approximate surface area is 85.2 Å². The van der Waals surface area contributed by atoms with E-state index in [-0.39, 0.29) is 17.0 Å². The summed E-state index contributed by atoms with van der Waals surface area (Å²) in [6, 6.07) is 0. The second kappa shape index (κ2) is 6.06. The molecule has 0 aromatic rings. The molecule has 1 aliphatic rings. The van der Waals surface area contributed by atoms with E-state index in [4.69, 9.17) is 0 Å². The van der Waals surface area contributed by atoms with Crippen molar-refractivity contribution in [2.75, 3.05) is 13.1 Å². The normalized spacial score (nSPS) is 15.1. The lowest BCUT2D eigenvalue weighted by Crippen LogP contribution is -2.20. The summed E-state index contributed by atoms with van der Waals surface area (Å²) >= 11 is 0. The third kappa shape index (κ3) is 3.26. The molecule has 0 aromatic carbocycles. The van der Waals surface area contributed by atoms with Crippen LogP contribution < -0.4 is 0 Å². The Morgan fingerprint density at radius 1 is 1.67 bits per heavy atom. The van der Waals surface area contributed by atoms with Crippen molar-refractivity contribution in [2.24, 2.45) is 0 Å². The molecule has 0 aliphatic carbocycles. The Hall–Kier alpha value is -0.500. The van der Waals surface area contributed by atoms with E-state index in [1.165, 1.54) is 12.0 Å². The summed E-state index contributed by atoms with van der Waals surface area (Å²) in [5.74, 6) is 0.